The fraction of sp³-hybridized carbons (Fsp3) is 0.545. The first-order chi connectivity index (χ1) is 9.49. The highest BCUT2D eigenvalue weighted by molar-refractivity contribution is 5.83. The van der Waals surface area contributed by atoms with Crippen LogP contribution in [0.25, 0.3) is 0 Å². The summed E-state index contributed by atoms with van der Waals surface area (Å²) in [6.45, 7) is 0.191. The van der Waals surface area contributed by atoms with Crippen molar-refractivity contribution >= 4 is 17.6 Å². The van der Waals surface area contributed by atoms with E-state index >= 15 is 0 Å². The van der Waals surface area contributed by atoms with Gasteiger partial charge >= 0.3 is 11.7 Å². The average Bonchev–Trinajstić information content (AvgIpc) is 2.87. The van der Waals surface area contributed by atoms with Gasteiger partial charge in [-0.15, -0.1) is 0 Å². The van der Waals surface area contributed by atoms with Gasteiger partial charge in [-0.25, -0.2) is 4.79 Å². The molecule has 0 radical (unpaired) electrons. The van der Waals surface area contributed by atoms with Gasteiger partial charge < -0.3 is 10.0 Å². The number of likely N-dealkylation sites (tertiary alicyclic amines) is 1. The van der Waals surface area contributed by atoms with Gasteiger partial charge in [0.1, 0.15) is 25.0 Å². The number of amides is 1. The van der Waals surface area contributed by atoms with Gasteiger partial charge in [0.25, 0.3) is 0 Å². The molecular formula is C11H14N4O5. The Bertz CT molecular complexity index is 541. The molecule has 1 fully saturated rings. The molecule has 2 heterocycles. The Labute approximate surface area is 113 Å². The summed E-state index contributed by atoms with van der Waals surface area (Å²) < 4.78 is 1.15. The minimum Gasteiger partial charge on any atom is -0.480 e. The molecule has 0 saturated carbocycles. The number of hydrogen-bond acceptors (Lipinski definition) is 5. The molecule has 1 saturated heterocycles. The van der Waals surface area contributed by atoms with Crippen molar-refractivity contribution in [2.24, 2.45) is 0 Å². The largest absolute Gasteiger partial charge is 0.480 e. The number of rotatable bonds is 4. The van der Waals surface area contributed by atoms with Gasteiger partial charge in [-0.3, -0.25) is 19.6 Å². The molecule has 1 aromatic heterocycles. The minimum absolute atomic E-state index is 0.197. The van der Waals surface area contributed by atoms with Crippen molar-refractivity contribution in [2.75, 3.05) is 6.54 Å². The highest BCUT2D eigenvalue weighted by Gasteiger charge is 2.32. The molecule has 2 rings (SSSR count). The van der Waals surface area contributed by atoms with Gasteiger partial charge in [-0.1, -0.05) is 0 Å². The van der Waals surface area contributed by atoms with Crippen LogP contribution in [-0.2, 0) is 16.1 Å². The number of hydrogen-bond donors (Lipinski definition) is 1. The lowest BCUT2D eigenvalue weighted by atomic mass is 10.0. The van der Waals surface area contributed by atoms with Crippen molar-refractivity contribution in [1.29, 1.82) is 0 Å². The number of carbonyl (C=O) groups excluding carboxylic acids is 1. The lowest BCUT2D eigenvalue weighted by Crippen LogP contribution is -2.49. The highest BCUT2D eigenvalue weighted by atomic mass is 16.6. The quantitative estimate of drug-likeness (QED) is 0.624. The summed E-state index contributed by atoms with van der Waals surface area (Å²) in [6, 6.07) is -0.818. The molecular weight excluding hydrogens is 268 g/mol. The Morgan fingerprint density at radius 2 is 2.25 bits per heavy atom. The first-order valence-electron chi connectivity index (χ1n) is 6.18. The van der Waals surface area contributed by atoms with Crippen molar-refractivity contribution in [1.82, 2.24) is 14.7 Å². The zero-order valence-corrected chi connectivity index (χ0v) is 10.6. The van der Waals surface area contributed by atoms with Crippen LogP contribution >= 0.6 is 0 Å². The smallest absolute Gasteiger partial charge is 0.326 e. The molecule has 20 heavy (non-hydrogen) atoms. The molecule has 0 aliphatic carbocycles. The predicted octanol–water partition coefficient (Wildman–Crippen LogP) is 0.257. The van der Waals surface area contributed by atoms with Gasteiger partial charge in [-0.2, -0.15) is 5.10 Å². The van der Waals surface area contributed by atoms with E-state index in [4.69, 9.17) is 5.11 Å². The number of nitro groups is 1. The topological polar surface area (TPSA) is 119 Å². The standard InChI is InChI=1S/C11H14N4O5/c16-10(7-13-6-8(5-12-13)15(19)20)14-4-2-1-3-9(14)11(17)18/h5-6,9H,1-4,7H2,(H,17,18)/t9-/m1/s1. The summed E-state index contributed by atoms with van der Waals surface area (Å²) in [5.74, 6) is -1.42. The number of carboxylic acid groups (broad SMARTS) is 1. The predicted molar refractivity (Wildman–Crippen MR) is 65.9 cm³/mol. The minimum atomic E-state index is -1.02. The third-order valence-electron chi connectivity index (χ3n) is 3.24. The van der Waals surface area contributed by atoms with Crippen molar-refractivity contribution in [3.8, 4) is 0 Å². The van der Waals surface area contributed by atoms with Crippen LogP contribution < -0.4 is 0 Å². The molecule has 1 aliphatic heterocycles. The second-order valence-corrected chi connectivity index (χ2v) is 4.59. The summed E-state index contributed by atoms with van der Waals surface area (Å²) >= 11 is 0. The molecule has 1 amide bonds. The molecule has 1 aliphatic rings. The normalized spacial score (nSPS) is 18.8. The van der Waals surface area contributed by atoms with E-state index in [2.05, 4.69) is 5.10 Å². The van der Waals surface area contributed by atoms with Crippen molar-refractivity contribution in [3.63, 3.8) is 0 Å². The van der Waals surface area contributed by atoms with Crippen molar-refractivity contribution in [3.05, 3.63) is 22.5 Å². The fourth-order valence-corrected chi connectivity index (χ4v) is 2.25. The van der Waals surface area contributed by atoms with Crippen LogP contribution in [0, 0.1) is 10.1 Å². The fourth-order valence-electron chi connectivity index (χ4n) is 2.25. The number of nitrogens with zero attached hydrogens (tertiary/aromatic N) is 4. The monoisotopic (exact) mass is 282 g/mol. The van der Waals surface area contributed by atoms with E-state index < -0.39 is 22.8 Å². The molecule has 9 nitrogen and oxygen atoms in total. The van der Waals surface area contributed by atoms with Crippen LogP contribution in [0.1, 0.15) is 19.3 Å². The SMILES string of the molecule is O=C(O)[C@H]1CCCCN1C(=O)Cn1cc([N+](=O)[O-])cn1. The van der Waals surface area contributed by atoms with Gasteiger partial charge in [0.15, 0.2) is 0 Å². The van der Waals surface area contributed by atoms with Crippen LogP contribution in [-0.4, -0.2) is 49.2 Å². The number of carboxylic acids is 1. The molecule has 0 aromatic carbocycles. The maximum Gasteiger partial charge on any atom is 0.326 e. The Morgan fingerprint density at radius 1 is 1.50 bits per heavy atom. The molecule has 9 heteroatoms. The molecule has 1 atom stereocenters. The van der Waals surface area contributed by atoms with Crippen LogP contribution in [0.2, 0.25) is 0 Å². The molecule has 0 spiro atoms. The van der Waals surface area contributed by atoms with E-state index in [0.29, 0.717) is 13.0 Å². The first kappa shape index (κ1) is 14.0. The summed E-state index contributed by atoms with van der Waals surface area (Å²) in [6.07, 6.45) is 4.17. The first-order valence-corrected chi connectivity index (χ1v) is 6.18. The van der Waals surface area contributed by atoms with Crippen molar-refractivity contribution in [2.45, 2.75) is 31.8 Å². The van der Waals surface area contributed by atoms with E-state index in [9.17, 15) is 19.7 Å². The molecule has 1 N–H and O–H groups in total. The molecule has 0 bridgehead atoms. The lowest BCUT2D eigenvalue weighted by molar-refractivity contribution is -0.385. The zero-order chi connectivity index (χ0) is 14.7. The maximum atomic E-state index is 12.1. The van der Waals surface area contributed by atoms with Crippen LogP contribution in [0.4, 0.5) is 5.69 Å². The molecule has 108 valence electrons. The molecule has 0 unspecified atom stereocenters. The van der Waals surface area contributed by atoms with Crippen LogP contribution in [0.15, 0.2) is 12.4 Å². The third-order valence-corrected chi connectivity index (χ3v) is 3.24. The van der Waals surface area contributed by atoms with E-state index in [1.54, 1.807) is 0 Å². The van der Waals surface area contributed by atoms with Crippen molar-refractivity contribution < 1.29 is 19.6 Å². The van der Waals surface area contributed by atoms with E-state index in [-0.39, 0.29) is 12.2 Å². The van der Waals surface area contributed by atoms with Crippen LogP contribution in [0.3, 0.4) is 0 Å². The summed E-state index contributed by atoms with van der Waals surface area (Å²) in [4.78, 5) is 34.4. The van der Waals surface area contributed by atoms with Gasteiger partial charge in [0.05, 0.1) is 4.92 Å². The molecule has 1 aromatic rings. The Kier molecular flexibility index (Phi) is 3.97. The maximum absolute atomic E-state index is 12.1. The average molecular weight is 282 g/mol. The summed E-state index contributed by atoms with van der Waals surface area (Å²) in [5, 5.41) is 23.3. The zero-order valence-electron chi connectivity index (χ0n) is 10.6. The van der Waals surface area contributed by atoms with E-state index in [1.165, 1.54) is 4.90 Å². The number of piperidine rings is 1. The number of aromatic nitrogens is 2. The lowest BCUT2D eigenvalue weighted by Gasteiger charge is -2.32. The summed E-state index contributed by atoms with van der Waals surface area (Å²) in [5.41, 5.74) is -0.203. The Hall–Kier alpha value is -2.45. The van der Waals surface area contributed by atoms with Gasteiger partial charge in [0.2, 0.25) is 5.91 Å². The second kappa shape index (κ2) is 5.68. The van der Waals surface area contributed by atoms with E-state index in [0.717, 1.165) is 29.9 Å². The third kappa shape index (κ3) is 2.92. The Balaban J connectivity index is 2.05. The Morgan fingerprint density at radius 3 is 2.85 bits per heavy atom. The van der Waals surface area contributed by atoms with Gasteiger partial charge in [-0.05, 0) is 19.3 Å². The number of aliphatic carboxylic acids is 1. The summed E-state index contributed by atoms with van der Waals surface area (Å²) in [7, 11) is 0. The second-order valence-electron chi connectivity index (χ2n) is 4.59. The number of carbonyl (C=O) groups is 2. The highest BCUT2D eigenvalue weighted by Crippen LogP contribution is 2.18. The van der Waals surface area contributed by atoms with E-state index in [1.807, 2.05) is 0 Å². The van der Waals surface area contributed by atoms with Crippen LogP contribution in [0.5, 0.6) is 0 Å². The van der Waals surface area contributed by atoms with Gasteiger partial charge in [0, 0.05) is 6.54 Å².